The molecule has 2 unspecified atom stereocenters. The maximum atomic E-state index is 14.3. The van der Waals surface area contributed by atoms with Gasteiger partial charge in [0.1, 0.15) is 5.82 Å². The molecule has 2 atom stereocenters. The maximum absolute atomic E-state index is 14.3. The first-order valence-electron chi connectivity index (χ1n) is 6.76. The van der Waals surface area contributed by atoms with Crippen molar-refractivity contribution in [1.82, 2.24) is 20.2 Å². The van der Waals surface area contributed by atoms with Crippen LogP contribution in [0.2, 0.25) is 5.02 Å². The summed E-state index contributed by atoms with van der Waals surface area (Å²) in [6.07, 6.45) is 0.624. The fourth-order valence-electron chi connectivity index (χ4n) is 2.78. The summed E-state index contributed by atoms with van der Waals surface area (Å²) >= 11 is 7.87. The van der Waals surface area contributed by atoms with E-state index in [1.807, 2.05) is 17.5 Å². The summed E-state index contributed by atoms with van der Waals surface area (Å²) in [5.41, 5.74) is 0.431. The Morgan fingerprint density at radius 2 is 2.23 bits per heavy atom. The first kappa shape index (κ1) is 13.7. The van der Waals surface area contributed by atoms with Crippen molar-refractivity contribution < 1.29 is 4.39 Å². The predicted molar refractivity (Wildman–Crippen MR) is 82.7 cm³/mol. The third-order valence-electron chi connectivity index (χ3n) is 3.77. The summed E-state index contributed by atoms with van der Waals surface area (Å²) in [6, 6.07) is 8.41. The standard InChI is InChI=1S/C14H11ClFN5S/c15-8-3-1-4-9(16)13(8)11-7-10(12-5-2-6-22-12)17-14-18-19-20-21(11)14/h1-6,10-11H,7H2,(H,17,18,20). The molecule has 0 saturated heterocycles. The van der Waals surface area contributed by atoms with Gasteiger partial charge in [0.2, 0.25) is 5.95 Å². The molecule has 3 aromatic rings. The van der Waals surface area contributed by atoms with Crippen molar-refractivity contribution in [3.05, 3.63) is 57.0 Å². The second-order valence-electron chi connectivity index (χ2n) is 5.05. The van der Waals surface area contributed by atoms with Gasteiger partial charge in [-0.15, -0.1) is 11.3 Å². The van der Waals surface area contributed by atoms with Gasteiger partial charge in [0.15, 0.2) is 0 Å². The molecule has 2 aromatic heterocycles. The molecule has 1 aliphatic rings. The van der Waals surface area contributed by atoms with Gasteiger partial charge in [-0.3, -0.25) is 0 Å². The first-order valence-corrected chi connectivity index (χ1v) is 8.01. The van der Waals surface area contributed by atoms with Crippen LogP contribution in [0.25, 0.3) is 0 Å². The smallest absolute Gasteiger partial charge is 0.244 e. The molecule has 5 nitrogen and oxygen atoms in total. The molecule has 0 saturated carbocycles. The van der Waals surface area contributed by atoms with Crippen LogP contribution < -0.4 is 5.32 Å². The van der Waals surface area contributed by atoms with Crippen molar-refractivity contribution in [2.45, 2.75) is 18.5 Å². The van der Waals surface area contributed by atoms with Gasteiger partial charge in [0.25, 0.3) is 0 Å². The molecule has 8 heteroatoms. The minimum absolute atomic E-state index is 0.0270. The summed E-state index contributed by atoms with van der Waals surface area (Å²) in [5.74, 6) is 0.180. The Kier molecular flexibility index (Phi) is 3.31. The SMILES string of the molecule is Fc1cccc(Cl)c1C1CC(c2cccs2)Nc2nnnn21. The monoisotopic (exact) mass is 335 g/mol. The van der Waals surface area contributed by atoms with Gasteiger partial charge in [-0.05, 0) is 40.4 Å². The lowest BCUT2D eigenvalue weighted by Gasteiger charge is -2.30. The molecule has 0 fully saturated rings. The number of tetrazole rings is 1. The number of nitrogens with zero attached hydrogens (tertiary/aromatic N) is 4. The summed E-state index contributed by atoms with van der Waals surface area (Å²) in [6.45, 7) is 0. The average molecular weight is 336 g/mol. The number of hydrogen-bond acceptors (Lipinski definition) is 5. The number of nitrogens with one attached hydrogen (secondary N) is 1. The number of halogens is 2. The van der Waals surface area contributed by atoms with Gasteiger partial charge in [-0.1, -0.05) is 28.8 Å². The third-order valence-corrected chi connectivity index (χ3v) is 5.09. The molecule has 0 aliphatic carbocycles. The molecule has 112 valence electrons. The Labute approximate surface area is 134 Å². The molecule has 1 aromatic carbocycles. The quantitative estimate of drug-likeness (QED) is 0.776. The summed E-state index contributed by atoms with van der Waals surface area (Å²) in [7, 11) is 0. The lowest BCUT2D eigenvalue weighted by atomic mass is 9.96. The van der Waals surface area contributed by atoms with Crippen LogP contribution >= 0.6 is 22.9 Å². The predicted octanol–water partition coefficient (Wildman–Crippen LogP) is 3.67. The van der Waals surface area contributed by atoms with Crippen molar-refractivity contribution in [2.24, 2.45) is 0 Å². The molecule has 0 radical (unpaired) electrons. The fraction of sp³-hybridized carbons (Fsp3) is 0.214. The normalized spacial score (nSPS) is 20.5. The van der Waals surface area contributed by atoms with Crippen LogP contribution in [-0.4, -0.2) is 20.2 Å². The van der Waals surface area contributed by atoms with Gasteiger partial charge >= 0.3 is 0 Å². The zero-order valence-electron chi connectivity index (χ0n) is 11.3. The van der Waals surface area contributed by atoms with Crippen molar-refractivity contribution in [3.63, 3.8) is 0 Å². The number of benzene rings is 1. The van der Waals surface area contributed by atoms with Crippen molar-refractivity contribution in [3.8, 4) is 0 Å². The van der Waals surface area contributed by atoms with E-state index in [9.17, 15) is 4.39 Å². The number of fused-ring (bicyclic) bond motifs is 1. The number of rotatable bonds is 2. The molecule has 1 aliphatic heterocycles. The molecule has 22 heavy (non-hydrogen) atoms. The number of thiophene rings is 1. The lowest BCUT2D eigenvalue weighted by Crippen LogP contribution is -2.28. The average Bonchev–Trinajstić information content (AvgIpc) is 3.18. The molecular formula is C14H11ClFN5S. The Morgan fingerprint density at radius 3 is 3.00 bits per heavy atom. The minimum atomic E-state index is -0.342. The first-order chi connectivity index (χ1) is 10.7. The second-order valence-corrected chi connectivity index (χ2v) is 6.43. The molecule has 0 spiro atoms. The Morgan fingerprint density at radius 1 is 1.32 bits per heavy atom. The van der Waals surface area contributed by atoms with E-state index in [1.54, 1.807) is 28.2 Å². The van der Waals surface area contributed by atoms with E-state index in [0.29, 0.717) is 23.0 Å². The van der Waals surface area contributed by atoms with Crippen LogP contribution in [0.4, 0.5) is 10.3 Å². The van der Waals surface area contributed by atoms with E-state index in [2.05, 4.69) is 20.8 Å². The van der Waals surface area contributed by atoms with Gasteiger partial charge in [-0.2, -0.15) is 0 Å². The number of hydrogen-bond donors (Lipinski definition) is 1. The highest BCUT2D eigenvalue weighted by Crippen LogP contribution is 2.41. The van der Waals surface area contributed by atoms with E-state index in [0.717, 1.165) is 4.88 Å². The van der Waals surface area contributed by atoms with Crippen LogP contribution in [0.15, 0.2) is 35.7 Å². The zero-order chi connectivity index (χ0) is 15.1. The van der Waals surface area contributed by atoms with Crippen molar-refractivity contribution in [2.75, 3.05) is 5.32 Å². The van der Waals surface area contributed by atoms with Crippen LogP contribution in [0.5, 0.6) is 0 Å². The van der Waals surface area contributed by atoms with Crippen LogP contribution in [0, 0.1) is 5.82 Å². The van der Waals surface area contributed by atoms with E-state index in [4.69, 9.17) is 11.6 Å². The van der Waals surface area contributed by atoms with E-state index >= 15 is 0 Å². The van der Waals surface area contributed by atoms with E-state index in [-0.39, 0.29) is 17.9 Å². The Bertz CT molecular complexity index is 783. The number of anilines is 1. The van der Waals surface area contributed by atoms with Gasteiger partial charge < -0.3 is 5.32 Å². The van der Waals surface area contributed by atoms with Crippen LogP contribution in [-0.2, 0) is 0 Å². The topological polar surface area (TPSA) is 55.6 Å². The molecule has 0 bridgehead atoms. The van der Waals surface area contributed by atoms with Gasteiger partial charge in [-0.25, -0.2) is 9.07 Å². The number of aromatic nitrogens is 4. The maximum Gasteiger partial charge on any atom is 0.244 e. The minimum Gasteiger partial charge on any atom is -0.345 e. The van der Waals surface area contributed by atoms with Crippen molar-refractivity contribution in [1.29, 1.82) is 0 Å². The largest absolute Gasteiger partial charge is 0.345 e. The summed E-state index contributed by atoms with van der Waals surface area (Å²) < 4.78 is 15.9. The molecule has 1 N–H and O–H groups in total. The molecular weight excluding hydrogens is 325 g/mol. The third kappa shape index (κ3) is 2.17. The molecule has 3 heterocycles. The lowest BCUT2D eigenvalue weighted by molar-refractivity contribution is 0.412. The summed E-state index contributed by atoms with van der Waals surface area (Å²) in [5, 5.41) is 17.3. The Hall–Kier alpha value is -1.99. The highest BCUT2D eigenvalue weighted by atomic mass is 35.5. The molecule has 4 rings (SSSR count). The van der Waals surface area contributed by atoms with Crippen LogP contribution in [0.3, 0.4) is 0 Å². The summed E-state index contributed by atoms with van der Waals surface area (Å²) in [4.78, 5) is 1.16. The van der Waals surface area contributed by atoms with Gasteiger partial charge in [0, 0.05) is 15.5 Å². The van der Waals surface area contributed by atoms with Gasteiger partial charge in [0.05, 0.1) is 12.1 Å². The highest BCUT2D eigenvalue weighted by Gasteiger charge is 2.33. The fourth-order valence-corrected chi connectivity index (χ4v) is 3.86. The van der Waals surface area contributed by atoms with Crippen LogP contribution in [0.1, 0.15) is 28.9 Å². The second kappa shape index (κ2) is 5.33. The van der Waals surface area contributed by atoms with Crippen molar-refractivity contribution >= 4 is 28.9 Å². The van der Waals surface area contributed by atoms with E-state index < -0.39 is 0 Å². The molecule has 0 amide bonds. The Balaban J connectivity index is 1.82. The van der Waals surface area contributed by atoms with E-state index in [1.165, 1.54) is 6.07 Å². The highest BCUT2D eigenvalue weighted by molar-refractivity contribution is 7.10. The zero-order valence-corrected chi connectivity index (χ0v) is 12.9.